The Kier molecular flexibility index (Phi) is 6.17. The molecule has 0 atom stereocenters. The zero-order valence-electron chi connectivity index (χ0n) is 16.1. The predicted molar refractivity (Wildman–Crippen MR) is 117 cm³/mol. The van der Waals surface area contributed by atoms with Crippen LogP contribution in [0.4, 0.5) is 0 Å². The number of aromatic amines is 1. The first-order valence-corrected chi connectivity index (χ1v) is 11.8. The maximum absolute atomic E-state index is 13.2. The number of H-pyrrole nitrogens is 1. The van der Waals surface area contributed by atoms with Gasteiger partial charge in [0.15, 0.2) is 0 Å². The first kappa shape index (κ1) is 19.3. The number of benzene rings is 1. The lowest BCUT2D eigenvalue weighted by Crippen LogP contribution is -2.38. The minimum atomic E-state index is 0.204. The van der Waals surface area contributed by atoms with Crippen LogP contribution in [-0.2, 0) is 12.8 Å². The zero-order chi connectivity index (χ0) is 19.3. The van der Waals surface area contributed by atoms with Crippen molar-refractivity contribution in [2.45, 2.75) is 36.3 Å². The van der Waals surface area contributed by atoms with Crippen LogP contribution < -0.4 is 0 Å². The van der Waals surface area contributed by atoms with Crippen LogP contribution in [-0.4, -0.2) is 40.3 Å². The molecule has 0 radical (unpaired) electrons. The third-order valence-electron chi connectivity index (χ3n) is 5.27. The van der Waals surface area contributed by atoms with Crippen molar-refractivity contribution in [2.24, 2.45) is 0 Å². The molecule has 1 aliphatic heterocycles. The zero-order valence-corrected chi connectivity index (χ0v) is 17.7. The molecule has 6 heteroatoms. The molecular weight excluding hydrogens is 386 g/mol. The molecule has 1 aromatic carbocycles. The van der Waals surface area contributed by atoms with Gasteiger partial charge in [0.05, 0.1) is 20.3 Å². The summed E-state index contributed by atoms with van der Waals surface area (Å²) in [6.07, 6.45) is 9.27. The highest BCUT2D eigenvalue weighted by molar-refractivity contribution is 8.00. The second-order valence-electron chi connectivity index (χ2n) is 7.09. The predicted octanol–water partition coefficient (Wildman–Crippen LogP) is 5.27. The van der Waals surface area contributed by atoms with E-state index in [-0.39, 0.29) is 5.91 Å². The number of carbonyl (C=O) groups excluding carboxylic acids is 1. The van der Waals surface area contributed by atoms with E-state index in [0.717, 1.165) is 54.2 Å². The summed E-state index contributed by atoms with van der Waals surface area (Å²) in [4.78, 5) is 16.4. The van der Waals surface area contributed by atoms with Gasteiger partial charge in [-0.25, -0.2) is 0 Å². The summed E-state index contributed by atoms with van der Waals surface area (Å²) in [6, 6.07) is 12.6. The molecule has 3 heterocycles. The molecule has 1 amide bonds. The van der Waals surface area contributed by atoms with Crippen LogP contribution >= 0.6 is 23.1 Å². The highest BCUT2D eigenvalue weighted by atomic mass is 32.2. The normalized spacial score (nSPS) is 13.8. The van der Waals surface area contributed by atoms with Gasteiger partial charge in [0, 0.05) is 19.3 Å². The van der Waals surface area contributed by atoms with Crippen molar-refractivity contribution < 1.29 is 4.79 Å². The summed E-state index contributed by atoms with van der Waals surface area (Å²) >= 11 is 3.39. The lowest BCUT2D eigenvalue weighted by Gasteiger charge is -2.28. The van der Waals surface area contributed by atoms with E-state index in [4.69, 9.17) is 0 Å². The number of aromatic nitrogens is 2. The van der Waals surface area contributed by atoms with Gasteiger partial charge in [-0.05, 0) is 49.1 Å². The number of carbonyl (C=O) groups is 1. The van der Waals surface area contributed by atoms with Crippen LogP contribution in [0.1, 0.15) is 40.7 Å². The number of fused-ring (bicyclic) bond motifs is 1. The largest absolute Gasteiger partial charge is 0.338 e. The molecule has 0 fully saturated rings. The van der Waals surface area contributed by atoms with Gasteiger partial charge in [0.2, 0.25) is 0 Å². The van der Waals surface area contributed by atoms with E-state index < -0.39 is 0 Å². The van der Waals surface area contributed by atoms with Crippen molar-refractivity contribution in [3.05, 3.63) is 59.3 Å². The first-order valence-electron chi connectivity index (χ1n) is 9.80. The molecule has 1 aliphatic rings. The molecule has 4 rings (SSSR count). The molecule has 2 aromatic heterocycles. The van der Waals surface area contributed by atoms with Gasteiger partial charge < -0.3 is 4.90 Å². The fourth-order valence-electron chi connectivity index (χ4n) is 3.81. The van der Waals surface area contributed by atoms with E-state index in [1.807, 2.05) is 11.0 Å². The van der Waals surface area contributed by atoms with Gasteiger partial charge in [0.25, 0.3) is 5.91 Å². The Bertz CT molecular complexity index is 919. The molecule has 28 heavy (non-hydrogen) atoms. The van der Waals surface area contributed by atoms with Crippen LogP contribution in [0.5, 0.6) is 0 Å². The van der Waals surface area contributed by atoms with Crippen molar-refractivity contribution in [1.82, 2.24) is 15.1 Å². The molecule has 0 bridgehead atoms. The third kappa shape index (κ3) is 4.03. The smallest absolute Gasteiger partial charge is 0.256 e. The standard InChI is InChI=1S/C22H25N3OS2/c1-27-22-19-17(20(28-22)18-11-13-23-24-18)12-15-25(21(19)26)14-7-3-6-10-16-8-4-2-5-9-16/h2,4-5,8-9,11,13H,3,6-7,10,12,14-15H2,1H3,(H,23,24). The molecule has 1 N–H and O–H groups in total. The number of rotatable bonds is 8. The fraction of sp³-hybridized carbons (Fsp3) is 0.364. The van der Waals surface area contributed by atoms with Crippen molar-refractivity contribution in [1.29, 1.82) is 0 Å². The average Bonchev–Trinajstić information content (AvgIpc) is 3.37. The van der Waals surface area contributed by atoms with Crippen LogP contribution in [0.25, 0.3) is 10.6 Å². The third-order valence-corrected chi connectivity index (χ3v) is 7.66. The number of thiophene rings is 1. The van der Waals surface area contributed by atoms with Gasteiger partial charge in [-0.15, -0.1) is 23.1 Å². The summed E-state index contributed by atoms with van der Waals surface area (Å²) in [5.41, 5.74) is 4.54. The molecule has 0 aliphatic carbocycles. The first-order chi connectivity index (χ1) is 13.8. The van der Waals surface area contributed by atoms with Gasteiger partial charge in [0.1, 0.15) is 0 Å². The Morgan fingerprint density at radius 1 is 1.18 bits per heavy atom. The molecule has 3 aromatic rings. The summed E-state index contributed by atoms with van der Waals surface area (Å²) in [5, 5.41) is 7.13. The van der Waals surface area contributed by atoms with E-state index in [1.54, 1.807) is 29.3 Å². The van der Waals surface area contributed by atoms with Gasteiger partial charge >= 0.3 is 0 Å². The highest BCUT2D eigenvalue weighted by Crippen LogP contribution is 2.43. The Morgan fingerprint density at radius 2 is 2.04 bits per heavy atom. The minimum absolute atomic E-state index is 0.204. The number of nitrogens with one attached hydrogen (secondary N) is 1. The van der Waals surface area contributed by atoms with Gasteiger partial charge in [-0.1, -0.05) is 36.8 Å². The molecule has 0 unspecified atom stereocenters. The topological polar surface area (TPSA) is 49.0 Å². The van der Waals surface area contributed by atoms with Crippen LogP contribution in [0.2, 0.25) is 0 Å². The van der Waals surface area contributed by atoms with E-state index in [9.17, 15) is 4.79 Å². The Morgan fingerprint density at radius 3 is 2.79 bits per heavy atom. The van der Waals surface area contributed by atoms with Crippen molar-refractivity contribution >= 4 is 29.0 Å². The van der Waals surface area contributed by atoms with E-state index in [1.165, 1.54) is 22.4 Å². The van der Waals surface area contributed by atoms with Crippen molar-refractivity contribution in [3.8, 4) is 10.6 Å². The van der Waals surface area contributed by atoms with Crippen LogP contribution in [0, 0.1) is 0 Å². The number of amides is 1. The number of hydrogen-bond acceptors (Lipinski definition) is 4. The number of nitrogens with zero attached hydrogens (tertiary/aromatic N) is 2. The lowest BCUT2D eigenvalue weighted by molar-refractivity contribution is 0.0734. The monoisotopic (exact) mass is 411 g/mol. The van der Waals surface area contributed by atoms with Crippen LogP contribution in [0.3, 0.4) is 0 Å². The maximum Gasteiger partial charge on any atom is 0.256 e. The van der Waals surface area contributed by atoms with Gasteiger partial charge in [-0.2, -0.15) is 5.10 Å². The number of unbranched alkanes of at least 4 members (excludes halogenated alkanes) is 2. The Hall–Kier alpha value is -2.05. The maximum atomic E-state index is 13.2. The second kappa shape index (κ2) is 8.97. The number of aryl methyl sites for hydroxylation is 1. The van der Waals surface area contributed by atoms with Gasteiger partial charge in [-0.3, -0.25) is 9.89 Å². The molecule has 146 valence electrons. The van der Waals surface area contributed by atoms with Crippen LogP contribution in [0.15, 0.2) is 46.8 Å². The fourth-order valence-corrected chi connectivity index (χ4v) is 5.86. The van der Waals surface area contributed by atoms with Crippen molar-refractivity contribution in [2.75, 3.05) is 19.3 Å². The highest BCUT2D eigenvalue weighted by Gasteiger charge is 2.31. The Balaban J connectivity index is 1.37. The molecule has 0 spiro atoms. The quantitative estimate of drug-likeness (QED) is 0.406. The van der Waals surface area contributed by atoms with E-state index in [2.05, 4.69) is 46.8 Å². The SMILES string of the molecule is CSc1sc(-c2ccn[nH]2)c2c1C(=O)N(CCCCCc1ccccc1)CC2. The summed E-state index contributed by atoms with van der Waals surface area (Å²) in [6.45, 7) is 1.67. The van der Waals surface area contributed by atoms with E-state index in [0.29, 0.717) is 0 Å². The molecule has 4 nitrogen and oxygen atoms in total. The Labute approximate surface area is 174 Å². The number of hydrogen-bond donors (Lipinski definition) is 1. The average molecular weight is 412 g/mol. The second-order valence-corrected chi connectivity index (χ2v) is 9.18. The van der Waals surface area contributed by atoms with Crippen molar-refractivity contribution in [3.63, 3.8) is 0 Å². The summed E-state index contributed by atoms with van der Waals surface area (Å²) < 4.78 is 1.12. The lowest BCUT2D eigenvalue weighted by atomic mass is 10.00. The summed E-state index contributed by atoms with van der Waals surface area (Å²) in [5.74, 6) is 0.204. The molecule has 0 saturated carbocycles. The molecule has 0 saturated heterocycles. The number of thioether (sulfide) groups is 1. The van der Waals surface area contributed by atoms with E-state index >= 15 is 0 Å². The summed E-state index contributed by atoms with van der Waals surface area (Å²) in [7, 11) is 0. The molecular formula is C22H25N3OS2. The minimum Gasteiger partial charge on any atom is -0.338 e.